The number of aromatic amines is 2. The number of nitrogens with zero attached hydrogens (tertiary/aromatic N) is 2. The highest BCUT2D eigenvalue weighted by Gasteiger charge is 2.20. The summed E-state index contributed by atoms with van der Waals surface area (Å²) in [5, 5.41) is 16.6. The van der Waals surface area contributed by atoms with Gasteiger partial charge in [0.2, 0.25) is 0 Å². The molecule has 1 fully saturated rings. The number of hydrogen-bond donors (Lipinski definition) is 3. The third-order valence-electron chi connectivity index (χ3n) is 5.88. The van der Waals surface area contributed by atoms with Gasteiger partial charge in [-0.25, -0.2) is 4.98 Å². The Morgan fingerprint density at radius 1 is 1.23 bits per heavy atom. The molecule has 0 radical (unpaired) electrons. The molecule has 5 rings (SSSR count). The van der Waals surface area contributed by atoms with Crippen molar-refractivity contribution in [3.05, 3.63) is 76.3 Å². The number of aromatic nitrogens is 4. The lowest BCUT2D eigenvalue weighted by Gasteiger charge is -2.23. The van der Waals surface area contributed by atoms with E-state index in [1.165, 1.54) is 18.4 Å². The molecule has 1 aliphatic rings. The molecular weight excluding hydrogens is 390 g/mol. The number of nitrogens with one attached hydrogen (secondary N) is 3. The van der Waals surface area contributed by atoms with Crippen molar-refractivity contribution < 1.29 is 0 Å². The van der Waals surface area contributed by atoms with E-state index in [-0.39, 0.29) is 0 Å². The molecule has 1 aromatic carbocycles. The molecule has 3 aromatic heterocycles. The summed E-state index contributed by atoms with van der Waals surface area (Å²) in [6.07, 6.45) is 6.20. The Bertz CT molecular complexity index is 1210. The van der Waals surface area contributed by atoms with Crippen LogP contribution in [0.1, 0.15) is 41.3 Å². The number of benzene rings is 1. The van der Waals surface area contributed by atoms with Crippen LogP contribution >= 0.6 is 11.3 Å². The second-order valence-corrected chi connectivity index (χ2v) is 8.57. The maximum Gasteiger partial charge on any atom is 0.159 e. The Hall–Kier alpha value is -2.96. The van der Waals surface area contributed by atoms with Crippen LogP contribution in [0.3, 0.4) is 0 Å². The molecule has 3 N–H and O–H groups in total. The molecule has 4 aromatic rings. The summed E-state index contributed by atoms with van der Waals surface area (Å²) < 4.78 is 0. The second-order valence-electron chi connectivity index (χ2n) is 7.79. The van der Waals surface area contributed by atoms with Crippen molar-refractivity contribution >= 4 is 27.8 Å². The number of thiophene rings is 1. The van der Waals surface area contributed by atoms with E-state index in [1.807, 2.05) is 12.2 Å². The van der Waals surface area contributed by atoms with Crippen LogP contribution in [0, 0.1) is 6.92 Å². The Morgan fingerprint density at radius 3 is 2.87 bits per heavy atom. The number of hydrogen-bond acceptors (Lipinski definition) is 4. The van der Waals surface area contributed by atoms with Gasteiger partial charge in [-0.1, -0.05) is 24.8 Å². The lowest BCUT2D eigenvalue weighted by Crippen LogP contribution is -2.26. The van der Waals surface area contributed by atoms with Gasteiger partial charge in [0.15, 0.2) is 5.82 Å². The zero-order valence-electron chi connectivity index (χ0n) is 17.0. The molecule has 6 heteroatoms. The Balaban J connectivity index is 1.57. The minimum Gasteiger partial charge on any atom is -0.340 e. The topological polar surface area (TPSA) is 69.4 Å². The lowest BCUT2D eigenvalue weighted by atomic mass is 9.89. The van der Waals surface area contributed by atoms with E-state index in [9.17, 15) is 0 Å². The fraction of sp³-hybridized carbons (Fsp3) is 0.250. The molecule has 152 valence electrons. The van der Waals surface area contributed by atoms with Crippen LogP contribution in [-0.2, 0) is 0 Å². The fourth-order valence-corrected chi connectivity index (χ4v) is 4.96. The summed E-state index contributed by atoms with van der Waals surface area (Å²) in [4.78, 5) is 8.42. The molecule has 0 saturated carbocycles. The summed E-state index contributed by atoms with van der Waals surface area (Å²) in [5.74, 6) is 1.40. The number of allylic oxidation sites excluding steroid dienone is 2. The molecule has 0 amide bonds. The van der Waals surface area contributed by atoms with Gasteiger partial charge < -0.3 is 10.3 Å². The standard InChI is InChI=1S/C24H25N5S/c1-3-4-19(18-9-12-30-14-18)22-15(2)26-24(27-22)23-20-13-17(5-6-21(20)28-29-23)16-7-10-25-11-8-16/h3-6,9,12-14,16,25H,1,7-8,10-11H2,2H3,(H,26,27)(H,28,29)/b19-4-. The molecule has 5 nitrogen and oxygen atoms in total. The van der Waals surface area contributed by atoms with Crippen molar-refractivity contribution in [2.45, 2.75) is 25.7 Å². The first-order valence-electron chi connectivity index (χ1n) is 10.4. The highest BCUT2D eigenvalue weighted by molar-refractivity contribution is 7.08. The van der Waals surface area contributed by atoms with Crippen molar-refractivity contribution in [3.8, 4) is 11.5 Å². The van der Waals surface area contributed by atoms with Gasteiger partial charge in [-0.05, 0) is 78.9 Å². The van der Waals surface area contributed by atoms with E-state index in [2.05, 4.69) is 69.0 Å². The van der Waals surface area contributed by atoms with Gasteiger partial charge in [0.05, 0.1) is 11.2 Å². The van der Waals surface area contributed by atoms with E-state index in [1.54, 1.807) is 11.3 Å². The molecule has 0 aliphatic carbocycles. The third-order valence-corrected chi connectivity index (χ3v) is 6.56. The largest absolute Gasteiger partial charge is 0.340 e. The highest BCUT2D eigenvalue weighted by atomic mass is 32.1. The minimum absolute atomic E-state index is 0.605. The molecular formula is C24H25N5S. The quantitative estimate of drug-likeness (QED) is 0.382. The van der Waals surface area contributed by atoms with Gasteiger partial charge >= 0.3 is 0 Å². The second kappa shape index (κ2) is 8.05. The predicted molar refractivity (Wildman–Crippen MR) is 125 cm³/mol. The van der Waals surface area contributed by atoms with Gasteiger partial charge in [0.25, 0.3) is 0 Å². The summed E-state index contributed by atoms with van der Waals surface area (Å²) in [7, 11) is 0. The van der Waals surface area contributed by atoms with Crippen molar-refractivity contribution in [1.29, 1.82) is 0 Å². The molecule has 4 heterocycles. The molecule has 30 heavy (non-hydrogen) atoms. The summed E-state index contributed by atoms with van der Waals surface area (Å²) in [6.45, 7) is 8.12. The van der Waals surface area contributed by atoms with Gasteiger partial charge in [-0.2, -0.15) is 16.4 Å². The van der Waals surface area contributed by atoms with Crippen LogP contribution < -0.4 is 5.32 Å². The number of piperidine rings is 1. The molecule has 1 saturated heterocycles. The SMILES string of the molecule is C=C/C=C(/c1ccsc1)c1nc(-c2n[nH]c3ccc(C4CCNCC4)cc23)[nH]c1C. The minimum atomic E-state index is 0.605. The average molecular weight is 416 g/mol. The van der Waals surface area contributed by atoms with Crippen LogP contribution in [0.5, 0.6) is 0 Å². The van der Waals surface area contributed by atoms with Crippen LogP contribution in [-0.4, -0.2) is 33.3 Å². The van der Waals surface area contributed by atoms with Gasteiger partial charge in [0.1, 0.15) is 5.69 Å². The van der Waals surface area contributed by atoms with Crippen molar-refractivity contribution in [3.63, 3.8) is 0 Å². The van der Waals surface area contributed by atoms with Gasteiger partial charge in [-0.3, -0.25) is 5.10 Å². The molecule has 0 atom stereocenters. The van der Waals surface area contributed by atoms with Crippen molar-refractivity contribution in [2.24, 2.45) is 0 Å². The van der Waals surface area contributed by atoms with Gasteiger partial charge in [-0.15, -0.1) is 0 Å². The molecule has 1 aliphatic heterocycles. The highest BCUT2D eigenvalue weighted by Crippen LogP contribution is 2.33. The zero-order valence-corrected chi connectivity index (χ0v) is 17.9. The van der Waals surface area contributed by atoms with E-state index in [0.29, 0.717) is 5.92 Å². The smallest absolute Gasteiger partial charge is 0.159 e. The number of H-pyrrole nitrogens is 2. The van der Waals surface area contributed by atoms with Crippen LogP contribution in [0.15, 0.2) is 53.8 Å². The van der Waals surface area contributed by atoms with Crippen molar-refractivity contribution in [2.75, 3.05) is 13.1 Å². The van der Waals surface area contributed by atoms with Crippen molar-refractivity contribution in [1.82, 2.24) is 25.5 Å². The average Bonchev–Trinajstić information content (AvgIpc) is 3.52. The van der Waals surface area contributed by atoms with Gasteiger partial charge in [0, 0.05) is 16.7 Å². The molecule has 0 spiro atoms. The third kappa shape index (κ3) is 3.42. The van der Waals surface area contributed by atoms with Crippen LogP contribution in [0.25, 0.3) is 28.0 Å². The number of rotatable bonds is 5. The van der Waals surface area contributed by atoms with Crippen LogP contribution in [0.4, 0.5) is 0 Å². The zero-order chi connectivity index (χ0) is 20.5. The first-order valence-corrected chi connectivity index (χ1v) is 11.3. The number of imidazole rings is 1. The Labute approximate surface area is 180 Å². The monoisotopic (exact) mass is 415 g/mol. The molecule has 0 bridgehead atoms. The maximum absolute atomic E-state index is 4.96. The first-order chi connectivity index (χ1) is 14.7. The van der Waals surface area contributed by atoms with E-state index < -0.39 is 0 Å². The van der Waals surface area contributed by atoms with E-state index in [4.69, 9.17) is 4.98 Å². The Morgan fingerprint density at radius 2 is 2.10 bits per heavy atom. The fourth-order valence-electron chi connectivity index (χ4n) is 4.30. The summed E-state index contributed by atoms with van der Waals surface area (Å²) in [6, 6.07) is 8.79. The lowest BCUT2D eigenvalue weighted by molar-refractivity contribution is 0.460. The predicted octanol–water partition coefficient (Wildman–Crippen LogP) is 5.41. The summed E-state index contributed by atoms with van der Waals surface area (Å²) in [5.41, 5.74) is 7.49. The van der Waals surface area contributed by atoms with E-state index in [0.717, 1.165) is 58.0 Å². The Kier molecular flexibility index (Phi) is 5.11. The molecule has 0 unspecified atom stereocenters. The summed E-state index contributed by atoms with van der Waals surface area (Å²) >= 11 is 1.68. The normalized spacial score (nSPS) is 15.7. The number of aryl methyl sites for hydroxylation is 1. The van der Waals surface area contributed by atoms with E-state index >= 15 is 0 Å². The number of fused-ring (bicyclic) bond motifs is 1. The first kappa shape index (κ1) is 19.0. The van der Waals surface area contributed by atoms with Crippen LogP contribution in [0.2, 0.25) is 0 Å². The maximum atomic E-state index is 4.96.